The second kappa shape index (κ2) is 8.00. The molecular formula is C27H29FN4O. The molecule has 1 aliphatic rings. The van der Waals surface area contributed by atoms with Gasteiger partial charge in [-0.1, -0.05) is 13.0 Å². The van der Waals surface area contributed by atoms with Crippen LogP contribution >= 0.6 is 0 Å². The van der Waals surface area contributed by atoms with E-state index in [1.807, 2.05) is 37.5 Å². The van der Waals surface area contributed by atoms with Crippen LogP contribution < -0.4 is 5.43 Å². The summed E-state index contributed by atoms with van der Waals surface area (Å²) in [6.45, 7) is 7.96. The molecule has 0 amide bonds. The Labute approximate surface area is 192 Å². The third kappa shape index (κ3) is 3.26. The first kappa shape index (κ1) is 21.7. The minimum atomic E-state index is -0.247. The minimum Gasteiger partial charge on any atom is -0.340 e. The summed E-state index contributed by atoms with van der Waals surface area (Å²) in [4.78, 5) is 19.4. The molecule has 0 aliphatic carbocycles. The van der Waals surface area contributed by atoms with E-state index in [0.717, 1.165) is 48.0 Å². The minimum absolute atomic E-state index is 0.0635. The van der Waals surface area contributed by atoms with Crippen LogP contribution in [0.25, 0.3) is 32.8 Å². The Hall–Kier alpha value is -3.17. The number of hydrogen-bond acceptors (Lipinski definition) is 3. The van der Waals surface area contributed by atoms with E-state index in [2.05, 4.69) is 23.0 Å². The molecule has 2 aromatic carbocycles. The largest absolute Gasteiger partial charge is 0.340 e. The molecule has 4 aromatic rings. The predicted octanol–water partition coefficient (Wildman–Crippen LogP) is 5.60. The van der Waals surface area contributed by atoms with E-state index in [4.69, 9.17) is 0 Å². The van der Waals surface area contributed by atoms with E-state index in [-0.39, 0.29) is 23.2 Å². The van der Waals surface area contributed by atoms with E-state index in [0.29, 0.717) is 33.9 Å². The van der Waals surface area contributed by atoms with Crippen molar-refractivity contribution in [2.45, 2.75) is 52.0 Å². The number of hydrogen-bond donors (Lipinski definition) is 1. The van der Waals surface area contributed by atoms with Gasteiger partial charge in [-0.25, -0.2) is 4.39 Å². The lowest BCUT2D eigenvalue weighted by atomic mass is 9.84. The highest BCUT2D eigenvalue weighted by Crippen LogP contribution is 2.38. The number of aryl methyl sites for hydroxylation is 1. The lowest BCUT2D eigenvalue weighted by Gasteiger charge is -2.31. The van der Waals surface area contributed by atoms with Gasteiger partial charge >= 0.3 is 0 Å². The monoisotopic (exact) mass is 444 g/mol. The van der Waals surface area contributed by atoms with Gasteiger partial charge in [0.05, 0.1) is 22.5 Å². The first-order valence-electron chi connectivity index (χ1n) is 11.8. The summed E-state index contributed by atoms with van der Waals surface area (Å²) < 4.78 is 18.4. The van der Waals surface area contributed by atoms with E-state index < -0.39 is 0 Å². The number of aromatic nitrogens is 2. The molecule has 0 saturated carbocycles. The number of piperidine rings is 1. The van der Waals surface area contributed by atoms with Crippen molar-refractivity contribution in [3.05, 3.63) is 57.0 Å². The Balaban J connectivity index is 1.92. The van der Waals surface area contributed by atoms with Crippen LogP contribution in [0.15, 0.2) is 29.1 Å². The summed E-state index contributed by atoms with van der Waals surface area (Å²) in [6, 6.07) is 9.32. The molecule has 5 nitrogen and oxygen atoms in total. The number of rotatable bonds is 3. The van der Waals surface area contributed by atoms with Crippen molar-refractivity contribution in [2.24, 2.45) is 0 Å². The smallest absolute Gasteiger partial charge is 0.199 e. The topological polar surface area (TPSA) is 64.8 Å². The molecule has 3 heterocycles. The summed E-state index contributed by atoms with van der Waals surface area (Å²) in [5, 5.41) is 11.1. The highest BCUT2D eigenvalue weighted by atomic mass is 19.1. The van der Waals surface area contributed by atoms with Crippen LogP contribution in [0.5, 0.6) is 0 Å². The Morgan fingerprint density at radius 3 is 2.58 bits per heavy atom. The van der Waals surface area contributed by atoms with Gasteiger partial charge in [-0.3, -0.25) is 4.79 Å². The Morgan fingerprint density at radius 2 is 1.94 bits per heavy atom. The van der Waals surface area contributed by atoms with Gasteiger partial charge in [0.1, 0.15) is 5.65 Å². The van der Waals surface area contributed by atoms with E-state index in [9.17, 15) is 10.1 Å². The van der Waals surface area contributed by atoms with Crippen LogP contribution in [0.2, 0.25) is 0 Å². The maximum atomic E-state index is 16.5. The Morgan fingerprint density at radius 1 is 1.21 bits per heavy atom. The van der Waals surface area contributed by atoms with Gasteiger partial charge in [-0.2, -0.15) is 5.26 Å². The number of nitrogens with one attached hydrogen (secondary N) is 1. The molecule has 0 unspecified atom stereocenters. The fraction of sp³-hybridized carbons (Fsp3) is 0.407. The number of fused-ring (bicyclic) bond motifs is 4. The molecule has 170 valence electrons. The fourth-order valence-electron chi connectivity index (χ4n) is 5.57. The van der Waals surface area contributed by atoms with Crippen molar-refractivity contribution >= 4 is 32.8 Å². The molecule has 1 N–H and O–H groups in total. The summed E-state index contributed by atoms with van der Waals surface area (Å²) in [5.41, 5.74) is 3.81. The first-order chi connectivity index (χ1) is 15.8. The van der Waals surface area contributed by atoms with Crippen LogP contribution in [0.3, 0.4) is 0 Å². The third-order valence-electron chi connectivity index (χ3n) is 7.25. The van der Waals surface area contributed by atoms with Crippen molar-refractivity contribution < 1.29 is 4.39 Å². The van der Waals surface area contributed by atoms with Gasteiger partial charge in [0, 0.05) is 22.3 Å². The number of benzene rings is 2. The van der Waals surface area contributed by atoms with Crippen LogP contribution in [0, 0.1) is 17.1 Å². The molecule has 0 spiro atoms. The van der Waals surface area contributed by atoms with E-state index >= 15 is 4.39 Å². The summed E-state index contributed by atoms with van der Waals surface area (Å²) >= 11 is 0. The second-order valence-corrected chi connectivity index (χ2v) is 9.60. The van der Waals surface area contributed by atoms with E-state index in [1.165, 1.54) is 0 Å². The molecule has 0 atom stereocenters. The summed E-state index contributed by atoms with van der Waals surface area (Å²) in [6.07, 6.45) is 2.53. The highest BCUT2D eigenvalue weighted by Gasteiger charge is 2.28. The third-order valence-corrected chi connectivity index (χ3v) is 7.25. The highest BCUT2D eigenvalue weighted by molar-refractivity contribution is 6.10. The van der Waals surface area contributed by atoms with Gasteiger partial charge in [-0.05, 0) is 88.5 Å². The van der Waals surface area contributed by atoms with Gasteiger partial charge in [0.25, 0.3) is 0 Å². The molecule has 5 rings (SSSR count). The molecular weight excluding hydrogens is 415 g/mol. The maximum Gasteiger partial charge on any atom is 0.199 e. The molecule has 0 bridgehead atoms. The SMILES string of the molecule is CCc1cc2c(=O)c3c4ccc(C#N)cc4[nH]c3n(C(C)C)c2c(F)c1C1CCN(C)CC1. The number of nitriles is 1. The number of halogens is 1. The molecule has 1 aliphatic heterocycles. The number of pyridine rings is 1. The zero-order valence-electron chi connectivity index (χ0n) is 19.6. The molecule has 2 aromatic heterocycles. The standard InChI is InChI=1S/C27H29FN4O/c1-5-17-13-20-25(24(28)22(17)18-8-10-31(4)11-9-18)32(15(2)3)27-23(26(20)33)19-7-6-16(14-29)12-21(19)30-27/h6-7,12-13,15,18,30H,5,8-11H2,1-4H3. The summed E-state index contributed by atoms with van der Waals surface area (Å²) in [7, 11) is 2.11. The molecule has 1 fully saturated rings. The van der Waals surface area contributed by atoms with Crippen molar-refractivity contribution in [3.63, 3.8) is 0 Å². The maximum absolute atomic E-state index is 16.5. The first-order valence-corrected chi connectivity index (χ1v) is 11.8. The number of likely N-dealkylation sites (tertiary alicyclic amines) is 1. The van der Waals surface area contributed by atoms with Crippen LogP contribution in [0.1, 0.15) is 62.3 Å². The van der Waals surface area contributed by atoms with E-state index in [1.54, 1.807) is 12.1 Å². The number of aromatic amines is 1. The van der Waals surface area contributed by atoms with Gasteiger partial charge < -0.3 is 14.5 Å². The molecule has 6 heteroatoms. The average molecular weight is 445 g/mol. The average Bonchev–Trinajstić information content (AvgIpc) is 3.18. The Bertz CT molecular complexity index is 1500. The zero-order valence-corrected chi connectivity index (χ0v) is 19.6. The normalized spacial score (nSPS) is 15.8. The lowest BCUT2D eigenvalue weighted by Crippen LogP contribution is -2.30. The van der Waals surface area contributed by atoms with Crippen LogP contribution in [-0.4, -0.2) is 34.6 Å². The summed E-state index contributed by atoms with van der Waals surface area (Å²) in [5.74, 6) is -0.0872. The van der Waals surface area contributed by atoms with Gasteiger partial charge in [0.2, 0.25) is 0 Å². The van der Waals surface area contributed by atoms with Crippen molar-refractivity contribution in [3.8, 4) is 6.07 Å². The van der Waals surface area contributed by atoms with Crippen LogP contribution in [0.4, 0.5) is 4.39 Å². The number of H-pyrrole nitrogens is 1. The van der Waals surface area contributed by atoms with Crippen molar-refractivity contribution in [2.75, 3.05) is 20.1 Å². The second-order valence-electron chi connectivity index (χ2n) is 9.60. The quantitative estimate of drug-likeness (QED) is 0.447. The molecule has 1 saturated heterocycles. The van der Waals surface area contributed by atoms with Gasteiger partial charge in [-0.15, -0.1) is 0 Å². The van der Waals surface area contributed by atoms with Crippen LogP contribution in [-0.2, 0) is 6.42 Å². The molecule has 33 heavy (non-hydrogen) atoms. The molecule has 0 radical (unpaired) electrons. The predicted molar refractivity (Wildman–Crippen MR) is 131 cm³/mol. The van der Waals surface area contributed by atoms with Crippen molar-refractivity contribution in [1.29, 1.82) is 5.26 Å². The Kier molecular flexibility index (Phi) is 5.25. The lowest BCUT2D eigenvalue weighted by molar-refractivity contribution is 0.252. The van der Waals surface area contributed by atoms with Gasteiger partial charge in [0.15, 0.2) is 11.2 Å². The number of nitrogens with zero attached hydrogens (tertiary/aromatic N) is 3. The fourth-order valence-corrected chi connectivity index (χ4v) is 5.57. The zero-order chi connectivity index (χ0) is 23.4. The van der Waals surface area contributed by atoms with Crippen molar-refractivity contribution in [1.82, 2.24) is 14.5 Å².